The number of benzene rings is 2. The lowest BCUT2D eigenvalue weighted by atomic mass is 10.0. The maximum Gasteiger partial charge on any atom is 0.312 e. The maximum absolute atomic E-state index is 12.7. The Labute approximate surface area is 195 Å². The molecule has 32 heavy (non-hydrogen) atoms. The predicted molar refractivity (Wildman–Crippen MR) is 119 cm³/mol. The number of nitrogens with zero attached hydrogens (tertiary/aromatic N) is 1. The van der Waals surface area contributed by atoms with Gasteiger partial charge in [-0.2, -0.15) is 0 Å². The Morgan fingerprint density at radius 1 is 1.16 bits per heavy atom. The number of rotatable bonds is 8. The molecule has 2 atom stereocenters. The van der Waals surface area contributed by atoms with Crippen LogP contribution in [-0.2, 0) is 14.3 Å². The van der Waals surface area contributed by atoms with Gasteiger partial charge < -0.3 is 4.74 Å². The Kier molecular flexibility index (Phi) is 7.88. The molecule has 0 spiro atoms. The predicted octanol–water partition coefficient (Wildman–Crippen LogP) is 3.57. The number of Topliss-reactive ketones (excluding diaryl/α,β-unsaturated/α-hetero) is 1. The molecule has 1 N–H and O–H groups in total. The lowest BCUT2D eigenvalue weighted by Gasteiger charge is -2.20. The highest BCUT2D eigenvalue weighted by Gasteiger charge is 2.38. The van der Waals surface area contributed by atoms with Gasteiger partial charge in [0.05, 0.1) is 12.5 Å². The van der Waals surface area contributed by atoms with Gasteiger partial charge in [-0.15, -0.1) is 11.6 Å². The highest BCUT2D eigenvalue weighted by Crippen LogP contribution is 2.21. The van der Waals surface area contributed by atoms with Crippen molar-refractivity contribution in [1.82, 2.24) is 10.4 Å². The number of alkyl halides is 1. The van der Waals surface area contributed by atoms with Crippen LogP contribution >= 0.6 is 23.2 Å². The second kappa shape index (κ2) is 10.6. The monoisotopic (exact) mass is 476 g/mol. The minimum atomic E-state index is -1.08. The molecule has 1 saturated heterocycles. The number of ether oxygens (including phenoxy) is 1. The van der Waals surface area contributed by atoms with Crippen LogP contribution in [-0.4, -0.2) is 47.1 Å². The standard InChI is InChI=1S/C23H22Cl2N2O5/c1-14-4-2-3-5-18(14)22(30)26-27-13-16(12-20(27)28)23(31)32-19(10-11-24)21(29)15-6-8-17(25)9-7-15/h2-9,16,19H,10-13H2,1H3,(H,26,30). The zero-order valence-corrected chi connectivity index (χ0v) is 18.9. The van der Waals surface area contributed by atoms with Crippen LogP contribution in [0.3, 0.4) is 0 Å². The van der Waals surface area contributed by atoms with Gasteiger partial charge in [-0.25, -0.2) is 0 Å². The molecule has 1 fully saturated rings. The molecule has 2 aromatic rings. The molecule has 1 aliphatic rings. The van der Waals surface area contributed by atoms with Gasteiger partial charge in [-0.05, 0) is 42.8 Å². The summed E-state index contributed by atoms with van der Waals surface area (Å²) in [6.07, 6.45) is -1.08. The topological polar surface area (TPSA) is 92.8 Å². The molecular formula is C23H22Cl2N2O5. The maximum atomic E-state index is 12.7. The molecule has 0 aromatic heterocycles. The van der Waals surface area contributed by atoms with Crippen molar-refractivity contribution in [3.63, 3.8) is 0 Å². The van der Waals surface area contributed by atoms with Crippen molar-refractivity contribution < 1.29 is 23.9 Å². The molecule has 1 aliphatic heterocycles. The SMILES string of the molecule is Cc1ccccc1C(=O)NN1CC(C(=O)OC(CCCl)C(=O)c2ccc(Cl)cc2)CC1=O. The second-order valence-corrected chi connectivity index (χ2v) is 8.25. The molecule has 0 bridgehead atoms. The van der Waals surface area contributed by atoms with Gasteiger partial charge >= 0.3 is 5.97 Å². The van der Waals surface area contributed by atoms with Crippen LogP contribution in [0.15, 0.2) is 48.5 Å². The van der Waals surface area contributed by atoms with Crippen molar-refractivity contribution >= 4 is 46.8 Å². The van der Waals surface area contributed by atoms with E-state index in [9.17, 15) is 19.2 Å². The van der Waals surface area contributed by atoms with Crippen molar-refractivity contribution in [2.24, 2.45) is 5.92 Å². The van der Waals surface area contributed by atoms with Crippen LogP contribution in [0.2, 0.25) is 5.02 Å². The average molecular weight is 477 g/mol. The van der Waals surface area contributed by atoms with E-state index in [1.54, 1.807) is 49.4 Å². The Morgan fingerprint density at radius 3 is 2.50 bits per heavy atom. The first-order valence-corrected chi connectivity index (χ1v) is 10.9. The molecule has 2 aromatic carbocycles. The van der Waals surface area contributed by atoms with E-state index >= 15 is 0 Å². The summed E-state index contributed by atoms with van der Waals surface area (Å²) in [5.74, 6) is -2.64. The first-order chi connectivity index (χ1) is 15.3. The van der Waals surface area contributed by atoms with Crippen LogP contribution in [0.4, 0.5) is 0 Å². The third-order valence-corrected chi connectivity index (χ3v) is 5.61. The summed E-state index contributed by atoms with van der Waals surface area (Å²) in [5.41, 5.74) is 4.07. The normalized spacial score (nSPS) is 16.5. The fourth-order valence-electron chi connectivity index (χ4n) is 3.36. The molecule has 0 saturated carbocycles. The van der Waals surface area contributed by atoms with E-state index in [1.165, 1.54) is 0 Å². The van der Waals surface area contributed by atoms with Crippen molar-refractivity contribution in [2.75, 3.05) is 12.4 Å². The fourth-order valence-corrected chi connectivity index (χ4v) is 3.69. The van der Waals surface area contributed by atoms with Gasteiger partial charge in [0, 0.05) is 34.9 Å². The van der Waals surface area contributed by atoms with E-state index in [2.05, 4.69) is 5.43 Å². The van der Waals surface area contributed by atoms with E-state index in [4.69, 9.17) is 27.9 Å². The van der Waals surface area contributed by atoms with Crippen molar-refractivity contribution in [3.8, 4) is 0 Å². The number of ketones is 1. The first-order valence-electron chi connectivity index (χ1n) is 10.0. The van der Waals surface area contributed by atoms with Crippen LogP contribution in [0, 0.1) is 12.8 Å². The van der Waals surface area contributed by atoms with Crippen LogP contribution in [0.25, 0.3) is 0 Å². The zero-order valence-electron chi connectivity index (χ0n) is 17.3. The number of aryl methyl sites for hydroxylation is 1. The number of halogens is 2. The average Bonchev–Trinajstić information content (AvgIpc) is 3.14. The van der Waals surface area contributed by atoms with E-state index in [-0.39, 0.29) is 25.3 Å². The van der Waals surface area contributed by atoms with E-state index in [0.717, 1.165) is 10.6 Å². The Morgan fingerprint density at radius 2 is 1.84 bits per heavy atom. The van der Waals surface area contributed by atoms with Gasteiger partial charge in [0.1, 0.15) is 0 Å². The first kappa shape index (κ1) is 23.8. The van der Waals surface area contributed by atoms with Crippen molar-refractivity contribution in [3.05, 3.63) is 70.2 Å². The number of carbonyl (C=O) groups excluding carboxylic acids is 4. The molecule has 0 aliphatic carbocycles. The largest absolute Gasteiger partial charge is 0.454 e. The fraction of sp³-hybridized carbons (Fsp3) is 0.304. The molecule has 3 rings (SSSR count). The van der Waals surface area contributed by atoms with Gasteiger partial charge in [-0.1, -0.05) is 29.8 Å². The second-order valence-electron chi connectivity index (χ2n) is 7.44. The number of hydrogen-bond donors (Lipinski definition) is 1. The minimum Gasteiger partial charge on any atom is -0.454 e. The highest BCUT2D eigenvalue weighted by atomic mass is 35.5. The molecule has 2 amide bonds. The van der Waals surface area contributed by atoms with Gasteiger partial charge in [-0.3, -0.25) is 29.6 Å². The van der Waals surface area contributed by atoms with Crippen LogP contribution < -0.4 is 5.43 Å². The molecule has 0 radical (unpaired) electrons. The summed E-state index contributed by atoms with van der Waals surface area (Å²) < 4.78 is 5.43. The molecule has 1 heterocycles. The molecule has 2 unspecified atom stereocenters. The number of carbonyl (C=O) groups is 4. The summed E-state index contributed by atoms with van der Waals surface area (Å²) in [6.45, 7) is 1.74. The zero-order chi connectivity index (χ0) is 23.3. The number of hydrogen-bond acceptors (Lipinski definition) is 5. The van der Waals surface area contributed by atoms with Gasteiger partial charge in [0.15, 0.2) is 6.10 Å². The summed E-state index contributed by atoms with van der Waals surface area (Å²) in [5, 5.41) is 1.59. The van der Waals surface area contributed by atoms with E-state index < -0.39 is 35.6 Å². The van der Waals surface area contributed by atoms with E-state index in [0.29, 0.717) is 16.1 Å². The number of esters is 1. The quantitative estimate of drug-likeness (QED) is 0.357. The third-order valence-electron chi connectivity index (χ3n) is 5.14. The highest BCUT2D eigenvalue weighted by molar-refractivity contribution is 6.30. The smallest absolute Gasteiger partial charge is 0.312 e. The molecule has 7 nitrogen and oxygen atoms in total. The lowest BCUT2D eigenvalue weighted by Crippen LogP contribution is -2.44. The molecule has 9 heteroatoms. The third kappa shape index (κ3) is 5.66. The van der Waals surface area contributed by atoms with E-state index in [1.807, 2.05) is 6.07 Å². The van der Waals surface area contributed by atoms with Crippen molar-refractivity contribution in [2.45, 2.75) is 25.9 Å². The number of amides is 2. The summed E-state index contributed by atoms with van der Waals surface area (Å²) >= 11 is 11.7. The van der Waals surface area contributed by atoms with Crippen LogP contribution in [0.1, 0.15) is 39.1 Å². The minimum absolute atomic E-state index is 0.0436. The van der Waals surface area contributed by atoms with Gasteiger partial charge in [0.2, 0.25) is 11.7 Å². The number of hydrazine groups is 1. The number of nitrogens with one attached hydrogen (secondary N) is 1. The Balaban J connectivity index is 1.63. The summed E-state index contributed by atoms with van der Waals surface area (Å²) in [7, 11) is 0. The summed E-state index contributed by atoms with van der Waals surface area (Å²) in [6, 6.07) is 13.2. The Bertz CT molecular complexity index is 1030. The Hall–Kier alpha value is -2.90. The van der Waals surface area contributed by atoms with Crippen LogP contribution in [0.5, 0.6) is 0 Å². The molecule has 168 valence electrons. The van der Waals surface area contributed by atoms with Gasteiger partial charge in [0.25, 0.3) is 5.91 Å². The van der Waals surface area contributed by atoms with Crippen molar-refractivity contribution in [1.29, 1.82) is 0 Å². The summed E-state index contributed by atoms with van der Waals surface area (Å²) in [4.78, 5) is 50.3. The lowest BCUT2D eigenvalue weighted by molar-refractivity contribution is -0.151. The molecular weight excluding hydrogens is 455 g/mol.